The molecule has 1 aliphatic carbocycles. The zero-order chi connectivity index (χ0) is 10.8. The Hall–Kier alpha value is -0.0400. The summed E-state index contributed by atoms with van der Waals surface area (Å²) in [7, 11) is 0. The first kappa shape index (κ1) is 12.0. The molecule has 0 bridgehead atoms. The molecule has 1 N–H and O–H groups in total. The van der Waals surface area contributed by atoms with Crippen molar-refractivity contribution in [3.8, 4) is 0 Å². The molecule has 0 amide bonds. The first-order valence-electron chi connectivity index (χ1n) is 6.12. The van der Waals surface area contributed by atoms with E-state index in [1.807, 2.05) is 0 Å². The molecule has 1 fully saturated rings. The minimum atomic E-state index is -0.109. The van der Waals surface area contributed by atoms with Gasteiger partial charge >= 0.3 is 0 Å². The molecule has 0 aromatic carbocycles. The van der Waals surface area contributed by atoms with Crippen molar-refractivity contribution in [2.24, 2.45) is 10.8 Å². The molecule has 1 aliphatic rings. The molecule has 1 atom stereocenters. The van der Waals surface area contributed by atoms with Crippen molar-refractivity contribution in [1.82, 2.24) is 0 Å². The summed E-state index contributed by atoms with van der Waals surface area (Å²) >= 11 is 0. The molecular formula is C13H26O. The third kappa shape index (κ3) is 1.98. The molecule has 84 valence electrons. The fraction of sp³-hybridized carbons (Fsp3) is 1.00. The zero-order valence-corrected chi connectivity index (χ0v) is 10.3. The van der Waals surface area contributed by atoms with Gasteiger partial charge in [0.2, 0.25) is 0 Å². The van der Waals surface area contributed by atoms with Gasteiger partial charge in [-0.2, -0.15) is 0 Å². The minimum absolute atomic E-state index is 0.109. The molecule has 1 heteroatoms. The van der Waals surface area contributed by atoms with Crippen LogP contribution in [0.4, 0.5) is 0 Å². The summed E-state index contributed by atoms with van der Waals surface area (Å²) in [6, 6.07) is 0. The van der Waals surface area contributed by atoms with Crippen molar-refractivity contribution in [2.75, 3.05) is 0 Å². The maximum atomic E-state index is 10.3. The Bertz CT molecular complexity index is 172. The summed E-state index contributed by atoms with van der Waals surface area (Å²) in [5, 5.41) is 10.3. The number of aliphatic hydroxyl groups is 1. The predicted octanol–water partition coefficient (Wildman–Crippen LogP) is 3.75. The highest BCUT2D eigenvalue weighted by molar-refractivity contribution is 4.96. The molecule has 1 rings (SSSR count). The van der Waals surface area contributed by atoms with Crippen LogP contribution in [0.2, 0.25) is 0 Å². The maximum absolute atomic E-state index is 10.3. The van der Waals surface area contributed by atoms with Crippen molar-refractivity contribution in [3.05, 3.63) is 0 Å². The van der Waals surface area contributed by atoms with Gasteiger partial charge in [-0.3, -0.25) is 0 Å². The minimum Gasteiger partial charge on any atom is -0.393 e. The molecule has 0 aromatic rings. The van der Waals surface area contributed by atoms with Gasteiger partial charge in [0.15, 0.2) is 0 Å². The summed E-state index contributed by atoms with van der Waals surface area (Å²) in [6.07, 6.45) is 7.17. The first-order valence-corrected chi connectivity index (χ1v) is 6.12. The molecule has 0 aromatic heterocycles. The smallest absolute Gasteiger partial charge is 0.0598 e. The van der Waals surface area contributed by atoms with Gasteiger partial charge in [-0.25, -0.2) is 0 Å². The van der Waals surface area contributed by atoms with Crippen molar-refractivity contribution in [3.63, 3.8) is 0 Å². The largest absolute Gasteiger partial charge is 0.393 e. The van der Waals surface area contributed by atoms with E-state index in [2.05, 4.69) is 27.7 Å². The summed E-state index contributed by atoms with van der Waals surface area (Å²) in [5.41, 5.74) is 0.419. The van der Waals surface area contributed by atoms with Crippen LogP contribution < -0.4 is 0 Å². The lowest BCUT2D eigenvalue weighted by Gasteiger charge is -2.50. The van der Waals surface area contributed by atoms with Gasteiger partial charge in [0.1, 0.15) is 0 Å². The summed E-state index contributed by atoms with van der Waals surface area (Å²) in [4.78, 5) is 0. The Morgan fingerprint density at radius 3 is 2.00 bits per heavy atom. The molecule has 1 unspecified atom stereocenters. The van der Waals surface area contributed by atoms with E-state index in [-0.39, 0.29) is 16.9 Å². The third-order valence-corrected chi connectivity index (χ3v) is 4.26. The van der Waals surface area contributed by atoms with Gasteiger partial charge in [-0.15, -0.1) is 0 Å². The van der Waals surface area contributed by atoms with Crippen LogP contribution in [-0.2, 0) is 0 Å². The highest BCUT2D eigenvalue weighted by atomic mass is 16.3. The van der Waals surface area contributed by atoms with Crippen LogP contribution in [0.15, 0.2) is 0 Å². The average Bonchev–Trinajstić information content (AvgIpc) is 2.16. The first-order chi connectivity index (χ1) is 6.44. The monoisotopic (exact) mass is 198 g/mol. The summed E-state index contributed by atoms with van der Waals surface area (Å²) in [5.74, 6) is 0. The standard InChI is InChI=1S/C13H26O/c1-5-11(14)13(12(2,3)4)9-7-6-8-10-13/h11,14H,5-10H2,1-4H3. The van der Waals surface area contributed by atoms with Crippen LogP contribution in [0.25, 0.3) is 0 Å². The van der Waals surface area contributed by atoms with Gasteiger partial charge in [0, 0.05) is 5.41 Å². The van der Waals surface area contributed by atoms with Crippen LogP contribution in [0.3, 0.4) is 0 Å². The second-order valence-corrected chi connectivity index (χ2v) is 5.89. The molecular weight excluding hydrogens is 172 g/mol. The van der Waals surface area contributed by atoms with Crippen LogP contribution in [0, 0.1) is 10.8 Å². The fourth-order valence-corrected chi connectivity index (χ4v) is 3.16. The van der Waals surface area contributed by atoms with Crippen LogP contribution in [0.5, 0.6) is 0 Å². The Balaban J connectivity index is 2.88. The SMILES string of the molecule is CCC(O)C1(C(C)(C)C)CCCCC1. The lowest BCUT2D eigenvalue weighted by molar-refractivity contribution is -0.0817. The molecule has 0 radical (unpaired) electrons. The average molecular weight is 198 g/mol. The highest BCUT2D eigenvalue weighted by Gasteiger charge is 2.46. The van der Waals surface area contributed by atoms with Gasteiger partial charge in [0.25, 0.3) is 0 Å². The quantitative estimate of drug-likeness (QED) is 0.716. The van der Waals surface area contributed by atoms with Crippen LogP contribution in [0.1, 0.15) is 66.2 Å². The number of aliphatic hydroxyl groups excluding tert-OH is 1. The number of rotatable bonds is 2. The maximum Gasteiger partial charge on any atom is 0.0598 e. The summed E-state index contributed by atoms with van der Waals surface area (Å²) in [6.45, 7) is 8.97. The normalized spacial score (nSPS) is 24.6. The molecule has 14 heavy (non-hydrogen) atoms. The molecule has 0 saturated heterocycles. The third-order valence-electron chi connectivity index (χ3n) is 4.26. The van der Waals surface area contributed by atoms with Gasteiger partial charge in [-0.05, 0) is 24.7 Å². The van der Waals surface area contributed by atoms with E-state index in [1.165, 1.54) is 32.1 Å². The van der Waals surface area contributed by atoms with Crippen molar-refractivity contribution in [1.29, 1.82) is 0 Å². The Labute approximate surface area is 88.9 Å². The Morgan fingerprint density at radius 2 is 1.64 bits per heavy atom. The molecule has 0 heterocycles. The highest BCUT2D eigenvalue weighted by Crippen LogP contribution is 2.52. The Morgan fingerprint density at radius 1 is 1.14 bits per heavy atom. The number of hydrogen-bond donors (Lipinski definition) is 1. The predicted molar refractivity (Wildman–Crippen MR) is 61.3 cm³/mol. The lowest BCUT2D eigenvalue weighted by Crippen LogP contribution is -2.46. The fourth-order valence-electron chi connectivity index (χ4n) is 3.16. The van der Waals surface area contributed by atoms with Crippen molar-refractivity contribution in [2.45, 2.75) is 72.3 Å². The van der Waals surface area contributed by atoms with Gasteiger partial charge in [0.05, 0.1) is 6.10 Å². The molecule has 1 nitrogen and oxygen atoms in total. The van der Waals surface area contributed by atoms with Crippen LogP contribution >= 0.6 is 0 Å². The second kappa shape index (κ2) is 4.22. The molecule has 0 aliphatic heterocycles. The Kier molecular flexibility index (Phi) is 3.63. The topological polar surface area (TPSA) is 20.2 Å². The summed E-state index contributed by atoms with van der Waals surface area (Å²) < 4.78 is 0. The van der Waals surface area contributed by atoms with E-state index in [1.54, 1.807) is 0 Å². The van der Waals surface area contributed by atoms with E-state index >= 15 is 0 Å². The zero-order valence-electron chi connectivity index (χ0n) is 10.3. The van der Waals surface area contributed by atoms with Gasteiger partial charge in [-0.1, -0.05) is 47.0 Å². The lowest BCUT2D eigenvalue weighted by atomic mass is 9.56. The number of hydrogen-bond acceptors (Lipinski definition) is 1. The van der Waals surface area contributed by atoms with Crippen molar-refractivity contribution >= 4 is 0 Å². The van der Waals surface area contributed by atoms with Gasteiger partial charge < -0.3 is 5.11 Å². The molecule has 1 saturated carbocycles. The van der Waals surface area contributed by atoms with E-state index in [0.717, 1.165) is 6.42 Å². The van der Waals surface area contributed by atoms with E-state index in [0.29, 0.717) is 0 Å². The van der Waals surface area contributed by atoms with E-state index < -0.39 is 0 Å². The second-order valence-electron chi connectivity index (χ2n) is 5.89. The molecule has 0 spiro atoms. The van der Waals surface area contributed by atoms with E-state index in [4.69, 9.17) is 0 Å². The van der Waals surface area contributed by atoms with E-state index in [9.17, 15) is 5.11 Å². The van der Waals surface area contributed by atoms with Crippen LogP contribution in [-0.4, -0.2) is 11.2 Å². The van der Waals surface area contributed by atoms with Crippen molar-refractivity contribution < 1.29 is 5.11 Å².